The third-order valence-corrected chi connectivity index (χ3v) is 3.58. The molecule has 0 N–H and O–H groups in total. The molecule has 0 radical (unpaired) electrons. The second-order valence-electron chi connectivity index (χ2n) is 5.27. The standard InChI is InChI=1S/C13H18O2/c1-9-6-10(8-15-9)12-7-11(14)4-5-13(12,2)3/h6,8,12H,4-5,7H2,1-3H3. The van der Waals surface area contributed by atoms with Crippen molar-refractivity contribution in [1.29, 1.82) is 0 Å². The summed E-state index contributed by atoms with van der Waals surface area (Å²) in [5.74, 6) is 1.65. The van der Waals surface area contributed by atoms with Crippen LogP contribution in [-0.4, -0.2) is 5.78 Å². The van der Waals surface area contributed by atoms with Crippen molar-refractivity contribution in [3.63, 3.8) is 0 Å². The predicted octanol–water partition coefficient (Wildman–Crippen LogP) is 3.45. The van der Waals surface area contributed by atoms with E-state index in [-0.39, 0.29) is 5.41 Å². The number of furan rings is 1. The number of aryl methyl sites for hydroxylation is 1. The molecule has 2 rings (SSSR count). The molecular weight excluding hydrogens is 188 g/mol. The first-order valence-electron chi connectivity index (χ1n) is 5.56. The summed E-state index contributed by atoms with van der Waals surface area (Å²) in [5, 5.41) is 0. The van der Waals surface area contributed by atoms with Gasteiger partial charge in [0.1, 0.15) is 11.5 Å². The molecule has 1 fully saturated rings. The first-order valence-corrected chi connectivity index (χ1v) is 5.56. The van der Waals surface area contributed by atoms with Crippen LogP contribution in [0.4, 0.5) is 0 Å². The van der Waals surface area contributed by atoms with Crippen LogP contribution in [0.5, 0.6) is 0 Å². The Morgan fingerprint density at radius 1 is 1.47 bits per heavy atom. The second kappa shape index (κ2) is 3.51. The minimum atomic E-state index is 0.213. The van der Waals surface area contributed by atoms with Gasteiger partial charge in [-0.25, -0.2) is 0 Å². The zero-order chi connectivity index (χ0) is 11.1. The molecule has 2 nitrogen and oxygen atoms in total. The summed E-state index contributed by atoms with van der Waals surface area (Å²) in [6.45, 7) is 6.43. The fourth-order valence-electron chi connectivity index (χ4n) is 2.46. The van der Waals surface area contributed by atoms with Gasteiger partial charge in [0, 0.05) is 12.8 Å². The fourth-order valence-corrected chi connectivity index (χ4v) is 2.46. The van der Waals surface area contributed by atoms with E-state index in [2.05, 4.69) is 19.9 Å². The van der Waals surface area contributed by atoms with Crippen molar-refractivity contribution in [3.05, 3.63) is 23.7 Å². The van der Waals surface area contributed by atoms with Crippen molar-refractivity contribution in [2.24, 2.45) is 5.41 Å². The quantitative estimate of drug-likeness (QED) is 0.704. The molecule has 0 spiro atoms. The lowest BCUT2D eigenvalue weighted by Gasteiger charge is -2.37. The van der Waals surface area contributed by atoms with Crippen LogP contribution in [0, 0.1) is 12.3 Å². The van der Waals surface area contributed by atoms with Gasteiger partial charge in [-0.2, -0.15) is 0 Å². The van der Waals surface area contributed by atoms with Crippen LogP contribution in [0.3, 0.4) is 0 Å². The average molecular weight is 206 g/mol. The topological polar surface area (TPSA) is 30.2 Å². The number of carbonyl (C=O) groups is 1. The average Bonchev–Trinajstić information content (AvgIpc) is 2.56. The fraction of sp³-hybridized carbons (Fsp3) is 0.615. The largest absolute Gasteiger partial charge is 0.469 e. The molecule has 15 heavy (non-hydrogen) atoms. The summed E-state index contributed by atoms with van der Waals surface area (Å²) < 4.78 is 5.33. The summed E-state index contributed by atoms with van der Waals surface area (Å²) in [6.07, 6.45) is 4.20. The van der Waals surface area contributed by atoms with Gasteiger partial charge in [0.25, 0.3) is 0 Å². The summed E-state index contributed by atoms with van der Waals surface area (Å²) in [4.78, 5) is 11.5. The molecule has 0 bridgehead atoms. The monoisotopic (exact) mass is 206 g/mol. The van der Waals surface area contributed by atoms with Crippen LogP contribution in [0.25, 0.3) is 0 Å². The van der Waals surface area contributed by atoms with E-state index in [9.17, 15) is 4.79 Å². The Bertz CT molecular complexity index is 374. The van der Waals surface area contributed by atoms with E-state index in [1.807, 2.05) is 6.92 Å². The zero-order valence-corrected chi connectivity index (χ0v) is 9.67. The second-order valence-corrected chi connectivity index (χ2v) is 5.27. The van der Waals surface area contributed by atoms with Crippen LogP contribution < -0.4 is 0 Å². The number of rotatable bonds is 1. The first kappa shape index (κ1) is 10.5. The van der Waals surface area contributed by atoms with Gasteiger partial charge in [-0.1, -0.05) is 13.8 Å². The molecule has 0 saturated heterocycles. The number of hydrogen-bond acceptors (Lipinski definition) is 2. The van der Waals surface area contributed by atoms with Crippen LogP contribution >= 0.6 is 0 Å². The van der Waals surface area contributed by atoms with Gasteiger partial charge in [-0.15, -0.1) is 0 Å². The lowest BCUT2D eigenvalue weighted by atomic mass is 9.66. The molecule has 1 aromatic heterocycles. The van der Waals surface area contributed by atoms with Gasteiger partial charge < -0.3 is 4.42 Å². The normalized spacial score (nSPS) is 25.5. The summed E-state index contributed by atoms with van der Waals surface area (Å²) in [6, 6.07) is 2.06. The molecule has 1 saturated carbocycles. The Kier molecular flexibility index (Phi) is 2.45. The van der Waals surface area contributed by atoms with Gasteiger partial charge in [0.2, 0.25) is 0 Å². The highest BCUT2D eigenvalue weighted by molar-refractivity contribution is 5.80. The van der Waals surface area contributed by atoms with Crippen molar-refractivity contribution >= 4 is 5.78 Å². The highest BCUT2D eigenvalue weighted by Gasteiger charge is 2.37. The van der Waals surface area contributed by atoms with E-state index in [0.717, 1.165) is 18.6 Å². The molecule has 1 atom stereocenters. The molecule has 1 heterocycles. The molecule has 0 aliphatic heterocycles. The maximum absolute atomic E-state index is 11.5. The van der Waals surface area contributed by atoms with E-state index < -0.39 is 0 Å². The smallest absolute Gasteiger partial charge is 0.133 e. The SMILES string of the molecule is Cc1cc(C2CC(=O)CCC2(C)C)co1. The van der Waals surface area contributed by atoms with Crippen molar-refractivity contribution in [3.8, 4) is 0 Å². The Hall–Kier alpha value is -1.05. The molecule has 1 aliphatic rings. The molecule has 0 aromatic carbocycles. The van der Waals surface area contributed by atoms with Crippen LogP contribution in [0.15, 0.2) is 16.7 Å². The van der Waals surface area contributed by atoms with Crippen molar-refractivity contribution in [2.45, 2.75) is 46.0 Å². The lowest BCUT2D eigenvalue weighted by molar-refractivity contribution is -0.122. The third kappa shape index (κ3) is 1.99. The van der Waals surface area contributed by atoms with Crippen LogP contribution in [0.2, 0.25) is 0 Å². The summed E-state index contributed by atoms with van der Waals surface area (Å²) >= 11 is 0. The van der Waals surface area contributed by atoms with E-state index >= 15 is 0 Å². The summed E-state index contributed by atoms with van der Waals surface area (Å²) in [7, 11) is 0. The molecule has 82 valence electrons. The van der Waals surface area contributed by atoms with E-state index in [1.54, 1.807) is 6.26 Å². The molecular formula is C13H18O2. The van der Waals surface area contributed by atoms with E-state index in [1.165, 1.54) is 5.56 Å². The lowest BCUT2D eigenvalue weighted by Crippen LogP contribution is -2.30. The number of ketones is 1. The van der Waals surface area contributed by atoms with E-state index in [0.29, 0.717) is 18.1 Å². The van der Waals surface area contributed by atoms with Crippen molar-refractivity contribution in [1.82, 2.24) is 0 Å². The Labute approximate surface area is 90.7 Å². The minimum absolute atomic E-state index is 0.213. The highest BCUT2D eigenvalue weighted by atomic mass is 16.3. The Balaban J connectivity index is 2.29. The number of carbonyl (C=O) groups excluding carboxylic acids is 1. The van der Waals surface area contributed by atoms with Gasteiger partial charge in [0.05, 0.1) is 6.26 Å². The van der Waals surface area contributed by atoms with E-state index in [4.69, 9.17) is 4.42 Å². The number of Topliss-reactive ketones (excluding diaryl/α,β-unsaturated/α-hetero) is 1. The Morgan fingerprint density at radius 3 is 2.80 bits per heavy atom. The van der Waals surface area contributed by atoms with Crippen LogP contribution in [-0.2, 0) is 4.79 Å². The van der Waals surface area contributed by atoms with Gasteiger partial charge in [-0.05, 0) is 36.3 Å². The highest BCUT2D eigenvalue weighted by Crippen LogP contribution is 2.45. The van der Waals surface area contributed by atoms with Gasteiger partial charge in [-0.3, -0.25) is 4.79 Å². The first-order chi connectivity index (χ1) is 6.99. The van der Waals surface area contributed by atoms with Gasteiger partial charge in [0.15, 0.2) is 0 Å². The molecule has 1 aromatic rings. The minimum Gasteiger partial charge on any atom is -0.469 e. The Morgan fingerprint density at radius 2 is 2.20 bits per heavy atom. The third-order valence-electron chi connectivity index (χ3n) is 3.58. The molecule has 0 amide bonds. The van der Waals surface area contributed by atoms with Gasteiger partial charge >= 0.3 is 0 Å². The van der Waals surface area contributed by atoms with Crippen molar-refractivity contribution < 1.29 is 9.21 Å². The zero-order valence-electron chi connectivity index (χ0n) is 9.67. The molecule has 1 unspecified atom stereocenters. The molecule has 1 aliphatic carbocycles. The van der Waals surface area contributed by atoms with Crippen LogP contribution in [0.1, 0.15) is 50.4 Å². The maximum Gasteiger partial charge on any atom is 0.133 e. The maximum atomic E-state index is 11.5. The predicted molar refractivity (Wildman–Crippen MR) is 58.8 cm³/mol. The van der Waals surface area contributed by atoms with Crippen molar-refractivity contribution in [2.75, 3.05) is 0 Å². The summed E-state index contributed by atoms with van der Waals surface area (Å²) in [5.41, 5.74) is 1.40. The molecule has 2 heteroatoms. The number of hydrogen-bond donors (Lipinski definition) is 0.